The molecule has 1 aliphatic rings. The average Bonchev–Trinajstić information content (AvgIpc) is 2.33. The van der Waals surface area contributed by atoms with Crippen LogP contribution in [-0.2, 0) is 0 Å². The predicted molar refractivity (Wildman–Crippen MR) is 75.6 cm³/mol. The molecule has 1 fully saturated rings. The van der Waals surface area contributed by atoms with E-state index in [2.05, 4.69) is 9.80 Å². The Morgan fingerprint density at radius 3 is 2.35 bits per heavy atom. The topological polar surface area (TPSA) is 6.48 Å². The average molecular weight is 294 g/mol. The van der Waals surface area contributed by atoms with Crippen molar-refractivity contribution >= 4 is 40.5 Å². The highest BCUT2D eigenvalue weighted by Gasteiger charge is 2.21. The van der Waals surface area contributed by atoms with Crippen LogP contribution in [0.15, 0.2) is 18.2 Å². The molecule has 0 radical (unpaired) electrons. The van der Waals surface area contributed by atoms with Gasteiger partial charge in [-0.15, -0.1) is 11.6 Å². The normalized spacial score (nSPS) is 19.4. The van der Waals surface area contributed by atoms with Crippen molar-refractivity contribution < 1.29 is 0 Å². The van der Waals surface area contributed by atoms with Crippen LogP contribution >= 0.6 is 34.8 Å². The minimum Gasteiger partial charge on any atom is -0.368 e. The first kappa shape index (κ1) is 13.3. The highest BCUT2D eigenvalue weighted by atomic mass is 35.5. The van der Waals surface area contributed by atoms with Crippen molar-refractivity contribution in [1.82, 2.24) is 4.90 Å². The van der Waals surface area contributed by atoms with Crippen LogP contribution in [-0.4, -0.2) is 36.6 Å². The molecule has 5 heteroatoms. The van der Waals surface area contributed by atoms with Gasteiger partial charge in [-0.05, 0) is 19.1 Å². The Kier molecular flexibility index (Phi) is 4.42. The number of benzene rings is 1. The molecule has 1 heterocycles. The zero-order valence-corrected chi connectivity index (χ0v) is 11.9. The predicted octanol–water partition coefficient (Wildman–Crippen LogP) is 3.70. The van der Waals surface area contributed by atoms with Crippen LogP contribution in [0.3, 0.4) is 0 Å². The van der Waals surface area contributed by atoms with Crippen LogP contribution < -0.4 is 4.90 Å². The number of nitrogens with zero attached hydrogens (tertiary/aromatic N) is 2. The molecule has 0 spiro atoms. The molecular formula is C12H15Cl3N2. The van der Waals surface area contributed by atoms with Crippen molar-refractivity contribution in [2.24, 2.45) is 0 Å². The summed E-state index contributed by atoms with van der Waals surface area (Å²) < 4.78 is 0. The number of anilines is 1. The first-order valence-electron chi connectivity index (χ1n) is 5.66. The third-order valence-corrected chi connectivity index (χ3v) is 4.17. The van der Waals surface area contributed by atoms with E-state index in [0.717, 1.165) is 31.9 Å². The highest BCUT2D eigenvalue weighted by Crippen LogP contribution is 2.32. The lowest BCUT2D eigenvalue weighted by Crippen LogP contribution is -2.48. The number of alkyl halides is 1. The van der Waals surface area contributed by atoms with Crippen LogP contribution in [0.25, 0.3) is 0 Å². The molecule has 0 aliphatic carbocycles. The molecule has 2 rings (SSSR count). The zero-order chi connectivity index (χ0) is 12.4. The van der Waals surface area contributed by atoms with Crippen LogP contribution in [0.2, 0.25) is 10.0 Å². The Balaban J connectivity index is 2.08. The summed E-state index contributed by atoms with van der Waals surface area (Å²) in [6, 6.07) is 5.75. The minimum atomic E-state index is 0.0898. The van der Waals surface area contributed by atoms with E-state index in [1.807, 2.05) is 25.1 Å². The Bertz CT molecular complexity index is 387. The van der Waals surface area contributed by atoms with E-state index in [1.54, 1.807) is 0 Å². The Hall–Kier alpha value is -0.150. The van der Waals surface area contributed by atoms with Gasteiger partial charge in [-0.2, -0.15) is 0 Å². The summed E-state index contributed by atoms with van der Waals surface area (Å²) >= 11 is 18.3. The van der Waals surface area contributed by atoms with Crippen molar-refractivity contribution in [3.05, 3.63) is 28.2 Å². The molecule has 0 saturated carbocycles. The summed E-state index contributed by atoms with van der Waals surface area (Å²) in [5.74, 6) is 0. The van der Waals surface area contributed by atoms with Gasteiger partial charge in [0, 0.05) is 26.2 Å². The Morgan fingerprint density at radius 1 is 1.12 bits per heavy atom. The smallest absolute Gasteiger partial charge is 0.0825 e. The fourth-order valence-corrected chi connectivity index (χ4v) is 2.67. The van der Waals surface area contributed by atoms with E-state index < -0.39 is 0 Å². The van der Waals surface area contributed by atoms with Crippen molar-refractivity contribution in [2.75, 3.05) is 31.1 Å². The second kappa shape index (κ2) is 5.66. The molecule has 94 valence electrons. The summed E-state index contributed by atoms with van der Waals surface area (Å²) in [6.07, 6.45) is 0. The number of hydrogen-bond acceptors (Lipinski definition) is 2. The van der Waals surface area contributed by atoms with Gasteiger partial charge in [-0.25, -0.2) is 0 Å². The van der Waals surface area contributed by atoms with Crippen LogP contribution in [0.4, 0.5) is 5.69 Å². The molecule has 0 N–H and O–H groups in total. The fourth-order valence-electron chi connectivity index (χ4n) is 2.06. The molecule has 1 aliphatic heterocycles. The molecule has 1 atom stereocenters. The quantitative estimate of drug-likeness (QED) is 0.606. The van der Waals surface area contributed by atoms with Crippen molar-refractivity contribution in [3.8, 4) is 0 Å². The van der Waals surface area contributed by atoms with E-state index in [0.29, 0.717) is 10.0 Å². The second-order valence-corrected chi connectivity index (χ2v) is 5.59. The van der Waals surface area contributed by atoms with Crippen molar-refractivity contribution in [1.29, 1.82) is 0 Å². The van der Waals surface area contributed by atoms with E-state index in [9.17, 15) is 0 Å². The van der Waals surface area contributed by atoms with E-state index >= 15 is 0 Å². The van der Waals surface area contributed by atoms with E-state index in [4.69, 9.17) is 34.8 Å². The van der Waals surface area contributed by atoms with Crippen LogP contribution in [0, 0.1) is 0 Å². The molecule has 2 nitrogen and oxygen atoms in total. The molecule has 0 bridgehead atoms. The SMILES string of the molecule is CC(Cl)N1CCN(c2cccc(Cl)c2Cl)CC1. The maximum absolute atomic E-state index is 6.21. The van der Waals surface area contributed by atoms with Gasteiger partial charge in [0.1, 0.15) is 0 Å². The van der Waals surface area contributed by atoms with Gasteiger partial charge in [0.15, 0.2) is 0 Å². The third-order valence-electron chi connectivity index (χ3n) is 3.09. The number of rotatable bonds is 2. The second-order valence-electron chi connectivity index (χ2n) is 4.17. The van der Waals surface area contributed by atoms with Gasteiger partial charge in [-0.3, -0.25) is 4.90 Å². The molecular weight excluding hydrogens is 279 g/mol. The number of hydrogen-bond donors (Lipinski definition) is 0. The maximum atomic E-state index is 6.21. The van der Waals surface area contributed by atoms with Crippen LogP contribution in [0.5, 0.6) is 0 Å². The summed E-state index contributed by atoms with van der Waals surface area (Å²) in [5, 5.41) is 1.25. The van der Waals surface area contributed by atoms with Gasteiger partial charge in [-0.1, -0.05) is 29.3 Å². The van der Waals surface area contributed by atoms with Gasteiger partial charge < -0.3 is 4.90 Å². The molecule has 1 saturated heterocycles. The Morgan fingerprint density at radius 2 is 1.76 bits per heavy atom. The standard InChI is InChI=1S/C12H15Cl3N2/c1-9(13)16-5-7-17(8-6-16)11-4-2-3-10(14)12(11)15/h2-4,9H,5-8H2,1H3. The van der Waals surface area contributed by atoms with Gasteiger partial charge in [0.2, 0.25) is 0 Å². The molecule has 1 aromatic rings. The zero-order valence-electron chi connectivity index (χ0n) is 9.67. The maximum Gasteiger partial charge on any atom is 0.0825 e. The molecule has 1 unspecified atom stereocenters. The first-order chi connectivity index (χ1) is 8.09. The lowest BCUT2D eigenvalue weighted by atomic mass is 10.2. The van der Waals surface area contributed by atoms with Gasteiger partial charge in [0.25, 0.3) is 0 Å². The molecule has 1 aromatic carbocycles. The highest BCUT2D eigenvalue weighted by molar-refractivity contribution is 6.43. The van der Waals surface area contributed by atoms with Crippen molar-refractivity contribution in [3.63, 3.8) is 0 Å². The molecule has 0 amide bonds. The number of halogens is 3. The van der Waals surface area contributed by atoms with Crippen molar-refractivity contribution in [2.45, 2.75) is 12.4 Å². The number of piperazine rings is 1. The lowest BCUT2D eigenvalue weighted by molar-refractivity contribution is 0.247. The summed E-state index contributed by atoms with van der Waals surface area (Å²) in [5.41, 5.74) is 1.10. The fraction of sp³-hybridized carbons (Fsp3) is 0.500. The minimum absolute atomic E-state index is 0.0898. The molecule has 17 heavy (non-hydrogen) atoms. The largest absolute Gasteiger partial charge is 0.368 e. The van der Waals surface area contributed by atoms with Gasteiger partial charge in [0.05, 0.1) is 21.2 Å². The molecule has 0 aromatic heterocycles. The van der Waals surface area contributed by atoms with Gasteiger partial charge >= 0.3 is 0 Å². The van der Waals surface area contributed by atoms with Crippen LogP contribution in [0.1, 0.15) is 6.92 Å². The monoisotopic (exact) mass is 292 g/mol. The lowest BCUT2D eigenvalue weighted by Gasteiger charge is -2.37. The first-order valence-corrected chi connectivity index (χ1v) is 6.86. The third kappa shape index (κ3) is 3.00. The van der Waals surface area contributed by atoms with E-state index in [-0.39, 0.29) is 5.50 Å². The summed E-state index contributed by atoms with van der Waals surface area (Å²) in [7, 11) is 0. The Labute approximate surface area is 117 Å². The summed E-state index contributed by atoms with van der Waals surface area (Å²) in [4.78, 5) is 4.50. The van der Waals surface area contributed by atoms with E-state index in [1.165, 1.54) is 0 Å². The summed E-state index contributed by atoms with van der Waals surface area (Å²) in [6.45, 7) is 5.76.